The van der Waals surface area contributed by atoms with Gasteiger partial charge < -0.3 is 9.90 Å². The van der Waals surface area contributed by atoms with Crippen molar-refractivity contribution in [3.63, 3.8) is 0 Å². The number of unbranched alkanes of at least 4 members (excludes halogenated alkanes) is 6. The van der Waals surface area contributed by atoms with Crippen molar-refractivity contribution in [2.24, 2.45) is 0 Å². The molecule has 3 aromatic rings. The molecule has 0 aromatic heterocycles. The SMILES string of the molecule is CCCCCc1cc(CCCCC)c([S+](c2ccccc2)c2ccccc2)c(CCCCC)c1.O=C([O-])C(F)(F)F. The van der Waals surface area contributed by atoms with E-state index < -0.39 is 12.1 Å². The summed E-state index contributed by atoms with van der Waals surface area (Å²) in [6.45, 7) is 6.94. The minimum absolute atomic E-state index is 0.0642. The van der Waals surface area contributed by atoms with E-state index in [9.17, 15) is 13.2 Å². The zero-order valence-electron chi connectivity index (χ0n) is 24.8. The molecule has 2 nitrogen and oxygen atoms in total. The van der Waals surface area contributed by atoms with Crippen molar-refractivity contribution in [2.45, 2.75) is 119 Å². The van der Waals surface area contributed by atoms with Crippen molar-refractivity contribution in [2.75, 3.05) is 0 Å². The number of carboxylic acid groups (broad SMARTS) is 1. The van der Waals surface area contributed by atoms with Crippen LogP contribution in [0.2, 0.25) is 0 Å². The summed E-state index contributed by atoms with van der Waals surface area (Å²) in [6, 6.07) is 27.7. The summed E-state index contributed by atoms with van der Waals surface area (Å²) < 4.78 is 31.5. The Morgan fingerprint density at radius 1 is 0.659 bits per heavy atom. The molecule has 3 aromatic carbocycles. The van der Waals surface area contributed by atoms with Gasteiger partial charge in [-0.3, -0.25) is 0 Å². The molecule has 0 radical (unpaired) electrons. The third-order valence-electron chi connectivity index (χ3n) is 6.86. The zero-order chi connectivity index (χ0) is 30.1. The van der Waals surface area contributed by atoms with Crippen LogP contribution in [0.5, 0.6) is 0 Å². The van der Waals surface area contributed by atoms with Crippen LogP contribution in [0.1, 0.15) is 95.2 Å². The van der Waals surface area contributed by atoms with Crippen LogP contribution in [0, 0.1) is 0 Å². The van der Waals surface area contributed by atoms with Crippen LogP contribution in [0.15, 0.2) is 87.5 Å². The second-order valence-electron chi connectivity index (χ2n) is 10.3. The van der Waals surface area contributed by atoms with E-state index in [2.05, 4.69) is 93.6 Å². The minimum atomic E-state index is -5.19. The molecule has 0 aliphatic carbocycles. The highest BCUT2D eigenvalue weighted by molar-refractivity contribution is 7.97. The Morgan fingerprint density at radius 2 is 1.02 bits per heavy atom. The molecule has 224 valence electrons. The molecule has 0 saturated heterocycles. The van der Waals surface area contributed by atoms with E-state index in [0.717, 1.165) is 0 Å². The largest absolute Gasteiger partial charge is 0.542 e. The first-order valence-corrected chi connectivity index (χ1v) is 16.2. The van der Waals surface area contributed by atoms with Crippen molar-refractivity contribution < 1.29 is 23.1 Å². The van der Waals surface area contributed by atoms with Gasteiger partial charge in [0, 0.05) is 11.1 Å². The topological polar surface area (TPSA) is 40.1 Å². The Kier molecular flexibility index (Phi) is 15.7. The molecule has 0 fully saturated rings. The summed E-state index contributed by atoms with van der Waals surface area (Å²) in [7, 11) is -0.0642. The first-order valence-electron chi connectivity index (χ1n) is 15.0. The standard InChI is InChI=1S/C33H45S.C2HF3O2/c1-4-7-12-19-28-26-29(20-13-8-5-2)33(30(27-28)21-14-9-6-3)34(31-22-15-10-16-23-31)32-24-17-11-18-25-32;3-2(4,5)1(6)7/h10-11,15-18,22-27H,4-9,12-14,19-21H2,1-3H3;(H,6,7)/q+1;/p-1. The molecule has 0 atom stereocenters. The van der Waals surface area contributed by atoms with Gasteiger partial charge in [-0.15, -0.1) is 0 Å². The molecular formula is C35H45F3O2S. The van der Waals surface area contributed by atoms with E-state index in [4.69, 9.17) is 9.90 Å². The fourth-order valence-corrected chi connectivity index (χ4v) is 7.25. The molecule has 0 aliphatic heterocycles. The Balaban J connectivity index is 0.000000745. The van der Waals surface area contributed by atoms with Gasteiger partial charge in [-0.05, 0) is 68.4 Å². The minimum Gasteiger partial charge on any atom is -0.542 e. The molecule has 0 N–H and O–H groups in total. The monoisotopic (exact) mass is 586 g/mol. The lowest BCUT2D eigenvalue weighted by Gasteiger charge is -2.18. The fourth-order valence-electron chi connectivity index (χ4n) is 4.80. The van der Waals surface area contributed by atoms with Crippen LogP contribution in [0.4, 0.5) is 13.2 Å². The van der Waals surface area contributed by atoms with Gasteiger partial charge in [0.2, 0.25) is 0 Å². The Hall–Kier alpha value is -2.73. The Morgan fingerprint density at radius 3 is 1.37 bits per heavy atom. The highest BCUT2D eigenvalue weighted by atomic mass is 32.2. The lowest BCUT2D eigenvalue weighted by Crippen LogP contribution is -2.37. The van der Waals surface area contributed by atoms with Gasteiger partial charge in [0.1, 0.15) is 5.97 Å². The van der Waals surface area contributed by atoms with Crippen LogP contribution in [0.3, 0.4) is 0 Å². The quantitative estimate of drug-likeness (QED) is 0.132. The molecule has 0 bridgehead atoms. The first-order chi connectivity index (χ1) is 19.7. The Bertz CT molecular complexity index is 1080. The van der Waals surface area contributed by atoms with Crippen LogP contribution in [0.25, 0.3) is 0 Å². The van der Waals surface area contributed by atoms with Crippen molar-refractivity contribution >= 4 is 16.9 Å². The van der Waals surface area contributed by atoms with Gasteiger partial charge in [0.15, 0.2) is 14.7 Å². The van der Waals surface area contributed by atoms with Crippen LogP contribution < -0.4 is 5.11 Å². The van der Waals surface area contributed by atoms with E-state index in [-0.39, 0.29) is 10.9 Å². The molecule has 0 unspecified atom stereocenters. The zero-order valence-corrected chi connectivity index (χ0v) is 25.6. The number of benzene rings is 3. The predicted octanol–water partition coefficient (Wildman–Crippen LogP) is 9.28. The van der Waals surface area contributed by atoms with Crippen LogP contribution in [-0.4, -0.2) is 12.1 Å². The highest BCUT2D eigenvalue weighted by Crippen LogP contribution is 2.38. The number of aryl methyl sites for hydroxylation is 3. The number of carbonyl (C=O) groups excluding carboxylic acids is 1. The number of alkyl halides is 3. The smallest absolute Gasteiger partial charge is 0.430 e. The number of hydrogen-bond donors (Lipinski definition) is 0. The van der Waals surface area contributed by atoms with Crippen LogP contribution >= 0.6 is 0 Å². The molecule has 41 heavy (non-hydrogen) atoms. The number of rotatable bonds is 15. The van der Waals surface area contributed by atoms with Crippen molar-refractivity contribution in [3.05, 3.63) is 89.5 Å². The summed E-state index contributed by atoms with van der Waals surface area (Å²) in [4.78, 5) is 13.3. The summed E-state index contributed by atoms with van der Waals surface area (Å²) in [5.41, 5.74) is 4.80. The fraction of sp³-hybridized carbons (Fsp3) is 0.457. The van der Waals surface area contributed by atoms with Gasteiger partial charge >= 0.3 is 6.18 Å². The number of halogens is 3. The highest BCUT2D eigenvalue weighted by Gasteiger charge is 2.34. The van der Waals surface area contributed by atoms with E-state index in [0.29, 0.717) is 0 Å². The van der Waals surface area contributed by atoms with Crippen molar-refractivity contribution in [3.8, 4) is 0 Å². The van der Waals surface area contributed by atoms with Gasteiger partial charge in [0.25, 0.3) is 0 Å². The number of hydrogen-bond acceptors (Lipinski definition) is 2. The van der Waals surface area contributed by atoms with E-state index in [1.54, 1.807) is 21.6 Å². The third-order valence-corrected chi connectivity index (χ3v) is 9.28. The van der Waals surface area contributed by atoms with Gasteiger partial charge in [-0.1, -0.05) is 108 Å². The van der Waals surface area contributed by atoms with E-state index in [1.807, 2.05) is 0 Å². The summed E-state index contributed by atoms with van der Waals surface area (Å²) in [6.07, 6.45) is 10.1. The van der Waals surface area contributed by atoms with E-state index >= 15 is 0 Å². The molecular weight excluding hydrogens is 541 g/mol. The predicted molar refractivity (Wildman–Crippen MR) is 162 cm³/mol. The molecule has 0 amide bonds. The maximum absolute atomic E-state index is 10.5. The number of carbonyl (C=O) groups is 1. The molecule has 6 heteroatoms. The molecule has 0 heterocycles. The summed E-state index contributed by atoms with van der Waals surface area (Å²) >= 11 is 0. The van der Waals surface area contributed by atoms with Gasteiger partial charge in [-0.2, -0.15) is 13.2 Å². The summed E-state index contributed by atoms with van der Waals surface area (Å²) in [5.74, 6) is -3.01. The molecule has 0 saturated carbocycles. The summed E-state index contributed by atoms with van der Waals surface area (Å²) in [5, 5.41) is 8.78. The maximum Gasteiger partial charge on any atom is 0.430 e. The third kappa shape index (κ3) is 12.0. The second kappa shape index (κ2) is 18.7. The number of carboxylic acids is 1. The normalized spacial score (nSPS) is 11.3. The second-order valence-corrected chi connectivity index (χ2v) is 12.3. The van der Waals surface area contributed by atoms with E-state index in [1.165, 1.54) is 86.8 Å². The molecule has 0 spiro atoms. The number of aliphatic carboxylic acids is 1. The molecule has 3 rings (SSSR count). The van der Waals surface area contributed by atoms with Gasteiger partial charge in [0.05, 0.1) is 10.9 Å². The van der Waals surface area contributed by atoms with Gasteiger partial charge in [-0.25, -0.2) is 0 Å². The first kappa shape index (κ1) is 34.5. The van der Waals surface area contributed by atoms with Crippen LogP contribution in [-0.2, 0) is 35.0 Å². The van der Waals surface area contributed by atoms with Crippen molar-refractivity contribution in [1.82, 2.24) is 0 Å². The maximum atomic E-state index is 10.5. The Labute approximate surface area is 247 Å². The van der Waals surface area contributed by atoms with Crippen molar-refractivity contribution in [1.29, 1.82) is 0 Å². The molecule has 0 aliphatic rings. The average molecular weight is 587 g/mol. The lowest BCUT2D eigenvalue weighted by atomic mass is 9.95. The average Bonchev–Trinajstić information content (AvgIpc) is 2.96. The lowest BCUT2D eigenvalue weighted by molar-refractivity contribution is -0.344.